The van der Waals surface area contributed by atoms with Gasteiger partial charge in [-0.05, 0) is 32.8 Å². The van der Waals surface area contributed by atoms with Crippen molar-refractivity contribution in [2.24, 2.45) is 0 Å². The van der Waals surface area contributed by atoms with Gasteiger partial charge in [0.1, 0.15) is 5.38 Å². The molecule has 0 N–H and O–H groups in total. The fourth-order valence-electron chi connectivity index (χ4n) is 2.90. The topological polar surface area (TPSA) is 59.2 Å². The molecule has 0 saturated carbocycles. The van der Waals surface area contributed by atoms with E-state index in [0.717, 1.165) is 24.0 Å². The van der Waals surface area contributed by atoms with E-state index < -0.39 is 5.38 Å². The number of amides is 1. The van der Waals surface area contributed by atoms with E-state index in [9.17, 15) is 4.79 Å². The number of carbonyl (C=O) groups is 1. The van der Waals surface area contributed by atoms with Crippen molar-refractivity contribution >= 4 is 17.5 Å². The maximum Gasteiger partial charge on any atom is 0.240 e. The summed E-state index contributed by atoms with van der Waals surface area (Å²) in [5, 5.41) is 3.63. The highest BCUT2D eigenvalue weighted by atomic mass is 35.5. The second-order valence-electron chi connectivity index (χ2n) is 6.04. The van der Waals surface area contributed by atoms with Crippen molar-refractivity contribution in [2.45, 2.75) is 38.0 Å². The van der Waals surface area contributed by atoms with E-state index in [2.05, 4.69) is 10.1 Å². The van der Waals surface area contributed by atoms with Crippen molar-refractivity contribution in [3.05, 3.63) is 35.7 Å². The molecule has 0 aliphatic carbocycles. The zero-order valence-electron chi connectivity index (χ0n) is 13.3. The van der Waals surface area contributed by atoms with Gasteiger partial charge in [-0.25, -0.2) is 0 Å². The Hall–Kier alpha value is -1.88. The summed E-state index contributed by atoms with van der Waals surface area (Å²) in [6.45, 7) is 5.11. The second kappa shape index (κ2) is 6.71. The Morgan fingerprint density at radius 1 is 1.39 bits per heavy atom. The molecule has 6 heteroatoms. The van der Waals surface area contributed by atoms with Crippen LogP contribution < -0.4 is 0 Å². The van der Waals surface area contributed by atoms with Crippen LogP contribution in [0.25, 0.3) is 11.4 Å². The van der Waals surface area contributed by atoms with E-state index in [4.69, 9.17) is 16.1 Å². The van der Waals surface area contributed by atoms with Gasteiger partial charge in [-0.1, -0.05) is 28.9 Å². The lowest BCUT2D eigenvalue weighted by Gasteiger charge is -2.31. The predicted molar refractivity (Wildman–Crippen MR) is 88.3 cm³/mol. The van der Waals surface area contributed by atoms with Gasteiger partial charge in [0.05, 0.1) is 0 Å². The molecule has 1 amide bonds. The van der Waals surface area contributed by atoms with Crippen LogP contribution in [0.4, 0.5) is 0 Å². The van der Waals surface area contributed by atoms with Gasteiger partial charge in [0.25, 0.3) is 0 Å². The minimum Gasteiger partial charge on any atom is -0.341 e. The molecule has 122 valence electrons. The van der Waals surface area contributed by atoms with Crippen LogP contribution in [-0.4, -0.2) is 39.4 Å². The third-order valence-corrected chi connectivity index (χ3v) is 4.40. The first-order chi connectivity index (χ1) is 11.0. The van der Waals surface area contributed by atoms with Gasteiger partial charge in [-0.2, -0.15) is 4.98 Å². The number of piperidine rings is 1. The van der Waals surface area contributed by atoms with Crippen LogP contribution in [0.15, 0.2) is 28.8 Å². The van der Waals surface area contributed by atoms with E-state index in [1.54, 1.807) is 6.92 Å². The Balaban J connectivity index is 1.67. The third-order valence-electron chi connectivity index (χ3n) is 4.21. The molecule has 1 aromatic carbocycles. The Kier molecular flexibility index (Phi) is 4.66. The van der Waals surface area contributed by atoms with Crippen LogP contribution in [-0.2, 0) is 4.79 Å². The Labute approximate surface area is 140 Å². The third kappa shape index (κ3) is 3.55. The number of hydrogen-bond acceptors (Lipinski definition) is 4. The molecule has 23 heavy (non-hydrogen) atoms. The van der Waals surface area contributed by atoms with Gasteiger partial charge in [-0.15, -0.1) is 11.6 Å². The molecule has 1 aromatic heterocycles. The molecule has 1 fully saturated rings. The van der Waals surface area contributed by atoms with Gasteiger partial charge in [0.2, 0.25) is 17.6 Å². The summed E-state index contributed by atoms with van der Waals surface area (Å²) in [5.41, 5.74) is 2.12. The highest BCUT2D eigenvalue weighted by molar-refractivity contribution is 6.30. The molecular weight excluding hydrogens is 314 g/mol. The Morgan fingerprint density at radius 2 is 2.13 bits per heavy atom. The van der Waals surface area contributed by atoms with E-state index in [1.807, 2.05) is 36.1 Å². The molecule has 5 nitrogen and oxygen atoms in total. The first-order valence-electron chi connectivity index (χ1n) is 7.88. The van der Waals surface area contributed by atoms with Crippen molar-refractivity contribution in [2.75, 3.05) is 13.1 Å². The molecule has 0 bridgehead atoms. The zero-order chi connectivity index (χ0) is 16.4. The minimum absolute atomic E-state index is 0.00362. The van der Waals surface area contributed by atoms with Gasteiger partial charge in [-0.3, -0.25) is 4.79 Å². The van der Waals surface area contributed by atoms with Crippen molar-refractivity contribution in [3.63, 3.8) is 0 Å². The summed E-state index contributed by atoms with van der Waals surface area (Å²) >= 11 is 5.87. The molecule has 2 heterocycles. The lowest BCUT2D eigenvalue weighted by atomic mass is 9.96. The van der Waals surface area contributed by atoms with Crippen LogP contribution in [0, 0.1) is 6.92 Å². The van der Waals surface area contributed by atoms with Crippen LogP contribution >= 0.6 is 11.6 Å². The Bertz CT molecular complexity index is 691. The highest BCUT2D eigenvalue weighted by Crippen LogP contribution is 2.29. The summed E-state index contributed by atoms with van der Waals surface area (Å²) in [4.78, 5) is 18.3. The number of benzene rings is 1. The Morgan fingerprint density at radius 3 is 2.78 bits per heavy atom. The molecular formula is C17H20ClN3O2. The standard InChI is InChI=1S/C17H20ClN3O2/c1-11-4-3-5-14(10-11)15-19-16(23-20-15)13-6-8-21(9-7-13)17(22)12(2)18/h3-5,10,12-13H,6-9H2,1-2H3/t12-/m1/s1. The molecule has 2 aromatic rings. The van der Waals surface area contributed by atoms with E-state index in [0.29, 0.717) is 24.8 Å². The smallest absolute Gasteiger partial charge is 0.240 e. The summed E-state index contributed by atoms with van der Waals surface area (Å²) in [5.74, 6) is 1.48. The van der Waals surface area contributed by atoms with E-state index in [-0.39, 0.29) is 11.8 Å². The van der Waals surface area contributed by atoms with Crippen LogP contribution in [0.5, 0.6) is 0 Å². The number of rotatable bonds is 3. The van der Waals surface area contributed by atoms with E-state index in [1.165, 1.54) is 0 Å². The molecule has 0 radical (unpaired) electrons. The number of likely N-dealkylation sites (tertiary alicyclic amines) is 1. The molecule has 0 unspecified atom stereocenters. The number of alkyl halides is 1. The molecule has 1 aliphatic rings. The number of halogens is 1. The minimum atomic E-state index is -0.470. The number of aromatic nitrogens is 2. The summed E-state index contributed by atoms with van der Waals surface area (Å²) < 4.78 is 5.45. The monoisotopic (exact) mass is 333 g/mol. The average Bonchev–Trinajstić information content (AvgIpc) is 3.04. The molecule has 1 saturated heterocycles. The van der Waals surface area contributed by atoms with Gasteiger partial charge in [0.15, 0.2) is 0 Å². The fraction of sp³-hybridized carbons (Fsp3) is 0.471. The van der Waals surface area contributed by atoms with Crippen molar-refractivity contribution in [1.82, 2.24) is 15.0 Å². The van der Waals surface area contributed by atoms with Gasteiger partial charge < -0.3 is 9.42 Å². The molecule has 3 rings (SSSR count). The largest absolute Gasteiger partial charge is 0.341 e. The van der Waals surface area contributed by atoms with Gasteiger partial charge >= 0.3 is 0 Å². The number of nitrogens with zero attached hydrogens (tertiary/aromatic N) is 3. The molecule has 1 atom stereocenters. The number of aryl methyl sites for hydroxylation is 1. The van der Waals surface area contributed by atoms with Gasteiger partial charge in [0, 0.05) is 24.6 Å². The lowest BCUT2D eigenvalue weighted by Crippen LogP contribution is -2.41. The maximum atomic E-state index is 11.9. The van der Waals surface area contributed by atoms with Crippen LogP contribution in [0.3, 0.4) is 0 Å². The summed E-state index contributed by atoms with van der Waals surface area (Å²) in [6.07, 6.45) is 1.65. The summed E-state index contributed by atoms with van der Waals surface area (Å²) in [6, 6.07) is 8.04. The second-order valence-corrected chi connectivity index (χ2v) is 6.70. The first kappa shape index (κ1) is 16.0. The predicted octanol–water partition coefficient (Wildman–Crippen LogP) is 3.38. The van der Waals surface area contributed by atoms with E-state index >= 15 is 0 Å². The lowest BCUT2D eigenvalue weighted by molar-refractivity contribution is -0.131. The first-order valence-corrected chi connectivity index (χ1v) is 8.31. The average molecular weight is 334 g/mol. The normalized spacial score (nSPS) is 17.3. The van der Waals surface area contributed by atoms with Crippen LogP contribution in [0.1, 0.15) is 37.1 Å². The molecule has 0 spiro atoms. The quantitative estimate of drug-likeness (QED) is 0.808. The van der Waals surface area contributed by atoms with Crippen molar-refractivity contribution in [1.29, 1.82) is 0 Å². The van der Waals surface area contributed by atoms with Crippen LogP contribution in [0.2, 0.25) is 0 Å². The SMILES string of the molecule is Cc1cccc(-c2noc(C3CCN(C(=O)[C@@H](C)Cl)CC3)n2)c1. The van der Waals surface area contributed by atoms with Crippen molar-refractivity contribution in [3.8, 4) is 11.4 Å². The maximum absolute atomic E-state index is 11.9. The fourth-order valence-corrected chi connectivity index (χ4v) is 3.04. The highest BCUT2D eigenvalue weighted by Gasteiger charge is 2.28. The zero-order valence-corrected chi connectivity index (χ0v) is 14.1. The molecule has 1 aliphatic heterocycles. The van der Waals surface area contributed by atoms with Crippen molar-refractivity contribution < 1.29 is 9.32 Å². The number of carbonyl (C=O) groups excluding carboxylic acids is 1. The number of hydrogen-bond donors (Lipinski definition) is 0. The summed E-state index contributed by atoms with van der Waals surface area (Å²) in [7, 11) is 0.